The highest BCUT2D eigenvalue weighted by Crippen LogP contribution is 2.29. The van der Waals surface area contributed by atoms with Crippen LogP contribution in [0.25, 0.3) is 0 Å². The molecular formula is C24H24ClNO4. The fourth-order valence-electron chi connectivity index (χ4n) is 2.97. The van der Waals surface area contributed by atoms with Gasteiger partial charge >= 0.3 is 0 Å². The number of nitrogens with one attached hydrogen (secondary N) is 1. The summed E-state index contributed by atoms with van der Waals surface area (Å²) < 4.78 is 16.6. The number of methoxy groups -OCH3 is 2. The van der Waals surface area contributed by atoms with Gasteiger partial charge in [-0.15, -0.1) is 0 Å². The number of hydrogen-bond donors (Lipinski definition) is 1. The number of ether oxygens (including phenoxy) is 3. The van der Waals surface area contributed by atoms with E-state index in [1.165, 1.54) is 12.7 Å². The van der Waals surface area contributed by atoms with Gasteiger partial charge in [-0.05, 0) is 73.5 Å². The topological polar surface area (TPSA) is 56.8 Å². The van der Waals surface area contributed by atoms with Gasteiger partial charge in [-0.1, -0.05) is 17.7 Å². The van der Waals surface area contributed by atoms with E-state index in [2.05, 4.69) is 12.2 Å². The van der Waals surface area contributed by atoms with Crippen LogP contribution in [0.1, 0.15) is 27.0 Å². The first kappa shape index (κ1) is 21.5. The molecule has 0 bridgehead atoms. The van der Waals surface area contributed by atoms with Gasteiger partial charge < -0.3 is 19.5 Å². The molecule has 0 aliphatic heterocycles. The number of amides is 1. The van der Waals surface area contributed by atoms with E-state index in [4.69, 9.17) is 25.8 Å². The first-order valence-corrected chi connectivity index (χ1v) is 9.81. The smallest absolute Gasteiger partial charge is 0.255 e. The minimum atomic E-state index is -0.286. The lowest BCUT2D eigenvalue weighted by atomic mass is 10.1. The fraction of sp³-hybridized carbons (Fsp3) is 0.208. The lowest BCUT2D eigenvalue weighted by Crippen LogP contribution is -2.13. The lowest BCUT2D eigenvalue weighted by Gasteiger charge is -2.14. The normalized spacial score (nSPS) is 10.4. The van der Waals surface area contributed by atoms with Gasteiger partial charge in [-0.25, -0.2) is 0 Å². The van der Waals surface area contributed by atoms with Gasteiger partial charge in [0, 0.05) is 16.1 Å². The molecule has 3 aromatic rings. The zero-order chi connectivity index (χ0) is 21.7. The fourth-order valence-corrected chi connectivity index (χ4v) is 3.14. The summed E-state index contributed by atoms with van der Waals surface area (Å²) >= 11 is 6.05. The van der Waals surface area contributed by atoms with E-state index in [1.807, 2.05) is 25.1 Å². The van der Waals surface area contributed by atoms with E-state index in [0.717, 1.165) is 16.9 Å². The number of benzene rings is 3. The van der Waals surface area contributed by atoms with Crippen LogP contribution in [-0.2, 0) is 6.61 Å². The third-order valence-electron chi connectivity index (χ3n) is 4.83. The molecule has 1 N–H and O–H groups in total. The molecular weight excluding hydrogens is 402 g/mol. The van der Waals surface area contributed by atoms with Gasteiger partial charge in [0.2, 0.25) is 0 Å². The summed E-state index contributed by atoms with van der Waals surface area (Å²) in [5, 5.41) is 3.34. The van der Waals surface area contributed by atoms with Crippen LogP contribution in [0.5, 0.6) is 17.2 Å². The maximum absolute atomic E-state index is 12.8. The largest absolute Gasteiger partial charge is 0.496 e. The Labute approximate surface area is 181 Å². The van der Waals surface area contributed by atoms with Crippen LogP contribution < -0.4 is 19.5 Å². The molecule has 6 heteroatoms. The number of rotatable bonds is 7. The summed E-state index contributed by atoms with van der Waals surface area (Å²) in [4.78, 5) is 12.8. The lowest BCUT2D eigenvalue weighted by molar-refractivity contribution is 0.102. The maximum atomic E-state index is 12.8. The van der Waals surface area contributed by atoms with Gasteiger partial charge in [0.1, 0.15) is 23.9 Å². The Morgan fingerprint density at radius 1 is 0.900 bits per heavy atom. The Balaban J connectivity index is 1.80. The average Bonchev–Trinajstić information content (AvgIpc) is 2.74. The highest BCUT2D eigenvalue weighted by molar-refractivity contribution is 6.31. The van der Waals surface area contributed by atoms with E-state index in [9.17, 15) is 4.79 Å². The Bertz CT molecular complexity index is 1070. The summed E-state index contributed by atoms with van der Waals surface area (Å²) in [5.74, 6) is 1.65. The maximum Gasteiger partial charge on any atom is 0.255 e. The molecule has 156 valence electrons. The van der Waals surface area contributed by atoms with Crippen molar-refractivity contribution >= 4 is 23.2 Å². The first-order valence-electron chi connectivity index (χ1n) is 9.43. The van der Waals surface area contributed by atoms with Crippen molar-refractivity contribution in [3.63, 3.8) is 0 Å². The average molecular weight is 426 g/mol. The summed E-state index contributed by atoms with van der Waals surface area (Å²) in [6.07, 6.45) is 0. The molecule has 0 radical (unpaired) electrons. The molecule has 0 aliphatic rings. The van der Waals surface area contributed by atoms with Crippen LogP contribution in [0.3, 0.4) is 0 Å². The highest BCUT2D eigenvalue weighted by Gasteiger charge is 2.14. The zero-order valence-corrected chi connectivity index (χ0v) is 18.2. The minimum absolute atomic E-state index is 0.271. The van der Waals surface area contributed by atoms with Crippen molar-refractivity contribution in [2.45, 2.75) is 20.5 Å². The van der Waals surface area contributed by atoms with Crippen LogP contribution in [0, 0.1) is 13.8 Å². The van der Waals surface area contributed by atoms with Gasteiger partial charge in [-0.2, -0.15) is 0 Å². The minimum Gasteiger partial charge on any atom is -0.496 e. The molecule has 3 rings (SSSR count). The van der Waals surface area contributed by atoms with E-state index in [1.54, 1.807) is 43.5 Å². The molecule has 0 unspecified atom stereocenters. The van der Waals surface area contributed by atoms with Crippen LogP contribution in [0.4, 0.5) is 5.69 Å². The van der Waals surface area contributed by atoms with Gasteiger partial charge in [0.25, 0.3) is 5.91 Å². The Morgan fingerprint density at radius 2 is 1.63 bits per heavy atom. The van der Waals surface area contributed by atoms with Crippen molar-refractivity contribution in [3.05, 3.63) is 81.9 Å². The predicted molar refractivity (Wildman–Crippen MR) is 119 cm³/mol. The van der Waals surface area contributed by atoms with E-state index in [-0.39, 0.29) is 12.5 Å². The SMILES string of the molecule is COc1ccc(C(=O)Nc2cc(Cl)ccc2OC)cc1COc1ccc(C)c(C)c1. The number of carbonyl (C=O) groups excluding carboxylic acids is 1. The van der Waals surface area contributed by atoms with Crippen molar-refractivity contribution < 1.29 is 19.0 Å². The second kappa shape index (κ2) is 9.55. The molecule has 1 amide bonds. The monoisotopic (exact) mass is 425 g/mol. The number of hydrogen-bond acceptors (Lipinski definition) is 4. The molecule has 0 aromatic heterocycles. The molecule has 0 aliphatic carbocycles. The van der Waals surface area contributed by atoms with Crippen LogP contribution in [-0.4, -0.2) is 20.1 Å². The van der Waals surface area contributed by atoms with E-state index < -0.39 is 0 Å². The second-order valence-corrected chi connectivity index (χ2v) is 7.30. The van der Waals surface area contributed by atoms with Crippen LogP contribution in [0.15, 0.2) is 54.6 Å². The Morgan fingerprint density at radius 3 is 2.33 bits per heavy atom. The third kappa shape index (κ3) is 5.05. The summed E-state index contributed by atoms with van der Waals surface area (Å²) in [7, 11) is 3.12. The summed E-state index contributed by atoms with van der Waals surface area (Å²) in [6.45, 7) is 4.37. The van der Waals surface area contributed by atoms with Gasteiger partial charge in [0.05, 0.1) is 19.9 Å². The van der Waals surface area contributed by atoms with Crippen molar-refractivity contribution in [2.75, 3.05) is 19.5 Å². The van der Waals surface area contributed by atoms with Crippen molar-refractivity contribution in [2.24, 2.45) is 0 Å². The molecule has 0 atom stereocenters. The molecule has 3 aromatic carbocycles. The molecule has 30 heavy (non-hydrogen) atoms. The van der Waals surface area contributed by atoms with Crippen LogP contribution >= 0.6 is 11.6 Å². The predicted octanol–water partition coefficient (Wildman–Crippen LogP) is 5.81. The van der Waals surface area contributed by atoms with Crippen molar-refractivity contribution in [3.8, 4) is 17.2 Å². The van der Waals surface area contributed by atoms with Crippen LogP contribution in [0.2, 0.25) is 5.02 Å². The number of carbonyl (C=O) groups is 1. The van der Waals surface area contributed by atoms with Crippen molar-refractivity contribution in [1.82, 2.24) is 0 Å². The number of aryl methyl sites for hydroxylation is 2. The second-order valence-electron chi connectivity index (χ2n) is 6.86. The van der Waals surface area contributed by atoms with Crippen molar-refractivity contribution in [1.29, 1.82) is 0 Å². The Kier molecular flexibility index (Phi) is 6.85. The van der Waals surface area contributed by atoms with Gasteiger partial charge in [-0.3, -0.25) is 4.79 Å². The molecule has 0 heterocycles. The summed E-state index contributed by atoms with van der Waals surface area (Å²) in [6, 6.07) is 16.2. The molecule has 0 saturated carbocycles. The molecule has 0 spiro atoms. The quantitative estimate of drug-likeness (QED) is 0.519. The standard InChI is InChI=1S/C24H24ClNO4/c1-15-5-8-20(11-16(15)2)30-14-18-12-17(6-9-22(18)28-3)24(27)26-21-13-19(25)7-10-23(21)29-4/h5-13H,14H2,1-4H3,(H,26,27). The molecule has 0 fully saturated rings. The molecule has 5 nitrogen and oxygen atoms in total. The van der Waals surface area contributed by atoms with E-state index >= 15 is 0 Å². The number of anilines is 1. The Hall–Kier alpha value is -3.18. The third-order valence-corrected chi connectivity index (χ3v) is 5.06. The van der Waals surface area contributed by atoms with E-state index in [0.29, 0.717) is 27.8 Å². The van der Waals surface area contributed by atoms with Gasteiger partial charge in [0.15, 0.2) is 0 Å². The summed E-state index contributed by atoms with van der Waals surface area (Å²) in [5.41, 5.74) is 4.09. The molecule has 0 saturated heterocycles. The highest BCUT2D eigenvalue weighted by atomic mass is 35.5. The number of halogens is 1. The first-order chi connectivity index (χ1) is 14.4. The zero-order valence-electron chi connectivity index (χ0n) is 17.4.